The van der Waals surface area contributed by atoms with E-state index in [-0.39, 0.29) is 17.5 Å². The number of allylic oxidation sites excluding steroid dienone is 1. The van der Waals surface area contributed by atoms with Crippen molar-refractivity contribution in [2.24, 2.45) is 0 Å². The van der Waals surface area contributed by atoms with Gasteiger partial charge in [-0.15, -0.1) is 11.3 Å². The number of carbonyl (C=O) groups excluding carboxylic acids is 1. The number of hydrogen-bond acceptors (Lipinski definition) is 5. The second-order valence-electron chi connectivity index (χ2n) is 7.85. The molecule has 0 radical (unpaired) electrons. The SMILES string of the molecule is C=C(C)c1c(C(=O)NC2CCOc3ccccc32)sc2c(-c3cc(F)cc(F)c3)ncnc12. The Bertz CT molecular complexity index is 1400. The molecule has 2 aromatic carbocycles. The number of aromatic nitrogens is 2. The Morgan fingerprint density at radius 2 is 1.94 bits per heavy atom. The number of nitrogens with zero attached hydrogens (tertiary/aromatic N) is 2. The second-order valence-corrected chi connectivity index (χ2v) is 8.87. The van der Waals surface area contributed by atoms with Crippen LogP contribution in [0.3, 0.4) is 0 Å². The molecule has 8 heteroatoms. The summed E-state index contributed by atoms with van der Waals surface area (Å²) in [6, 6.07) is 10.6. The van der Waals surface area contributed by atoms with Gasteiger partial charge in [0, 0.05) is 29.2 Å². The van der Waals surface area contributed by atoms with Crippen molar-refractivity contribution in [1.29, 1.82) is 0 Å². The predicted molar refractivity (Wildman–Crippen MR) is 124 cm³/mol. The first-order valence-electron chi connectivity index (χ1n) is 10.3. The fourth-order valence-corrected chi connectivity index (χ4v) is 5.32. The van der Waals surface area contributed by atoms with Gasteiger partial charge in [-0.2, -0.15) is 0 Å². The molecule has 5 rings (SSSR count). The molecule has 0 bridgehead atoms. The van der Waals surface area contributed by atoms with E-state index in [1.807, 2.05) is 24.3 Å². The van der Waals surface area contributed by atoms with Crippen molar-refractivity contribution in [3.8, 4) is 17.0 Å². The number of nitrogens with one attached hydrogen (secondary N) is 1. The standard InChI is InChI=1S/C25H19F2N3O2S/c1-13(2)20-22-24(21(28-12-29-22)14-9-15(26)11-16(27)10-14)33-23(20)25(31)30-18-7-8-32-19-6-4-3-5-17(18)19/h3-6,9-12,18H,1,7-8H2,2H3,(H,30,31). The quantitative estimate of drug-likeness (QED) is 0.408. The van der Waals surface area contributed by atoms with Gasteiger partial charge < -0.3 is 10.1 Å². The van der Waals surface area contributed by atoms with E-state index >= 15 is 0 Å². The van der Waals surface area contributed by atoms with Gasteiger partial charge in [-0.25, -0.2) is 18.7 Å². The Hall–Kier alpha value is -3.65. The maximum atomic E-state index is 13.9. The van der Waals surface area contributed by atoms with Crippen molar-refractivity contribution in [3.05, 3.63) is 83.0 Å². The summed E-state index contributed by atoms with van der Waals surface area (Å²) in [6.07, 6.45) is 1.97. The van der Waals surface area contributed by atoms with E-state index in [1.54, 1.807) is 6.92 Å². The largest absolute Gasteiger partial charge is 0.493 e. The molecule has 0 aliphatic carbocycles. The minimum absolute atomic E-state index is 0.200. The number of para-hydroxylation sites is 1. The lowest BCUT2D eigenvalue weighted by atomic mass is 10.00. The van der Waals surface area contributed by atoms with Gasteiger partial charge in [0.1, 0.15) is 28.6 Å². The van der Waals surface area contributed by atoms with Crippen LogP contribution in [-0.4, -0.2) is 22.5 Å². The van der Waals surface area contributed by atoms with Crippen molar-refractivity contribution in [2.45, 2.75) is 19.4 Å². The molecule has 0 saturated heterocycles. The first-order chi connectivity index (χ1) is 15.9. The number of halogens is 2. The van der Waals surface area contributed by atoms with Crippen LogP contribution in [0.15, 0.2) is 55.4 Å². The first kappa shape index (κ1) is 21.2. The summed E-state index contributed by atoms with van der Waals surface area (Å²) < 4.78 is 34.0. The van der Waals surface area contributed by atoms with E-state index in [4.69, 9.17) is 4.74 Å². The molecule has 166 valence electrons. The maximum absolute atomic E-state index is 13.9. The molecule has 1 atom stereocenters. The number of ether oxygens (including phenoxy) is 1. The van der Waals surface area contributed by atoms with E-state index < -0.39 is 11.6 Å². The van der Waals surface area contributed by atoms with Crippen molar-refractivity contribution in [1.82, 2.24) is 15.3 Å². The molecule has 33 heavy (non-hydrogen) atoms. The van der Waals surface area contributed by atoms with Gasteiger partial charge in [0.05, 0.1) is 28.6 Å². The molecule has 1 unspecified atom stereocenters. The molecule has 5 nitrogen and oxygen atoms in total. The third-order valence-electron chi connectivity index (χ3n) is 5.50. The molecule has 0 saturated carbocycles. The monoisotopic (exact) mass is 463 g/mol. The molecule has 1 aliphatic rings. The van der Waals surface area contributed by atoms with Crippen LogP contribution < -0.4 is 10.1 Å². The summed E-state index contributed by atoms with van der Waals surface area (Å²) in [6.45, 7) is 6.33. The molecule has 0 spiro atoms. The lowest BCUT2D eigenvalue weighted by Gasteiger charge is -2.26. The van der Waals surface area contributed by atoms with E-state index in [0.29, 0.717) is 45.0 Å². The summed E-state index contributed by atoms with van der Waals surface area (Å²) in [4.78, 5) is 22.5. The summed E-state index contributed by atoms with van der Waals surface area (Å²) in [7, 11) is 0. The highest BCUT2D eigenvalue weighted by Crippen LogP contribution is 2.40. The molecule has 1 N–H and O–H groups in total. The van der Waals surface area contributed by atoms with Crippen LogP contribution in [-0.2, 0) is 0 Å². The van der Waals surface area contributed by atoms with Crippen LogP contribution in [0.1, 0.15) is 40.2 Å². The first-order valence-corrected chi connectivity index (χ1v) is 11.2. The number of carbonyl (C=O) groups is 1. The number of thiophene rings is 1. The molecule has 4 aromatic rings. The van der Waals surface area contributed by atoms with Gasteiger partial charge in [0.25, 0.3) is 5.91 Å². The zero-order valence-electron chi connectivity index (χ0n) is 17.7. The highest BCUT2D eigenvalue weighted by molar-refractivity contribution is 7.21. The molecule has 1 aliphatic heterocycles. The van der Waals surface area contributed by atoms with Crippen molar-refractivity contribution >= 4 is 33.0 Å². The third kappa shape index (κ3) is 3.87. The summed E-state index contributed by atoms with van der Waals surface area (Å²) in [5, 5.41) is 3.11. The Morgan fingerprint density at radius 3 is 2.70 bits per heavy atom. The molecule has 0 fully saturated rings. The van der Waals surface area contributed by atoms with Crippen LogP contribution in [0.4, 0.5) is 8.78 Å². The van der Waals surface area contributed by atoms with Crippen molar-refractivity contribution in [2.75, 3.05) is 6.61 Å². The van der Waals surface area contributed by atoms with Gasteiger partial charge >= 0.3 is 0 Å². The second kappa shape index (κ2) is 8.37. The lowest BCUT2D eigenvalue weighted by Crippen LogP contribution is -2.32. The van der Waals surface area contributed by atoms with Crippen LogP contribution in [0.25, 0.3) is 27.0 Å². The zero-order valence-corrected chi connectivity index (χ0v) is 18.5. The molecular weight excluding hydrogens is 444 g/mol. The normalized spacial score (nSPS) is 15.1. The van der Waals surface area contributed by atoms with E-state index in [0.717, 1.165) is 17.4 Å². The van der Waals surface area contributed by atoms with Crippen LogP contribution >= 0.6 is 11.3 Å². The van der Waals surface area contributed by atoms with E-state index in [2.05, 4.69) is 21.9 Å². The molecule has 2 aromatic heterocycles. The fourth-order valence-electron chi connectivity index (χ4n) is 4.08. The molecule has 1 amide bonds. The van der Waals surface area contributed by atoms with Crippen molar-refractivity contribution in [3.63, 3.8) is 0 Å². The number of amides is 1. The predicted octanol–water partition coefficient (Wildman–Crippen LogP) is 5.92. The fraction of sp³-hybridized carbons (Fsp3) is 0.160. The topological polar surface area (TPSA) is 64.1 Å². The highest BCUT2D eigenvalue weighted by atomic mass is 32.1. The Balaban J connectivity index is 1.59. The van der Waals surface area contributed by atoms with Crippen LogP contribution in [0, 0.1) is 11.6 Å². The maximum Gasteiger partial charge on any atom is 0.262 e. The average molecular weight is 464 g/mol. The van der Waals surface area contributed by atoms with Gasteiger partial charge in [0.2, 0.25) is 0 Å². The summed E-state index contributed by atoms with van der Waals surface area (Å²) >= 11 is 1.19. The molecular formula is C25H19F2N3O2S. The molecule has 3 heterocycles. The van der Waals surface area contributed by atoms with Gasteiger partial charge in [-0.1, -0.05) is 24.8 Å². The highest BCUT2D eigenvalue weighted by Gasteiger charge is 2.27. The number of benzene rings is 2. The number of hydrogen-bond donors (Lipinski definition) is 1. The average Bonchev–Trinajstić information content (AvgIpc) is 3.19. The van der Waals surface area contributed by atoms with Crippen LogP contribution in [0.5, 0.6) is 5.75 Å². The number of rotatable bonds is 4. The van der Waals surface area contributed by atoms with E-state index in [9.17, 15) is 13.6 Å². The van der Waals surface area contributed by atoms with Gasteiger partial charge in [-0.3, -0.25) is 4.79 Å². The van der Waals surface area contributed by atoms with Crippen LogP contribution in [0.2, 0.25) is 0 Å². The minimum atomic E-state index is -0.704. The summed E-state index contributed by atoms with van der Waals surface area (Å²) in [5.74, 6) is -0.921. The third-order valence-corrected chi connectivity index (χ3v) is 6.69. The summed E-state index contributed by atoms with van der Waals surface area (Å²) in [5.41, 5.74) is 3.36. The van der Waals surface area contributed by atoms with Crippen molar-refractivity contribution < 1.29 is 18.3 Å². The van der Waals surface area contributed by atoms with E-state index in [1.165, 1.54) is 29.8 Å². The zero-order chi connectivity index (χ0) is 23.1. The van der Waals surface area contributed by atoms with Gasteiger partial charge in [-0.05, 0) is 30.7 Å². The number of fused-ring (bicyclic) bond motifs is 2. The minimum Gasteiger partial charge on any atom is -0.493 e. The Morgan fingerprint density at radius 1 is 1.18 bits per heavy atom. The lowest BCUT2D eigenvalue weighted by molar-refractivity contribution is 0.0928. The smallest absolute Gasteiger partial charge is 0.262 e. The Labute approximate surface area is 192 Å². The van der Waals surface area contributed by atoms with Gasteiger partial charge in [0.15, 0.2) is 0 Å². The Kier molecular flexibility index (Phi) is 5.38.